The molecule has 0 aromatic heterocycles. The molecule has 0 heterocycles. The van der Waals surface area contributed by atoms with Crippen molar-refractivity contribution in [2.75, 3.05) is 10.6 Å². The molecule has 1 unspecified atom stereocenters. The first-order valence-corrected chi connectivity index (χ1v) is 5.63. The summed E-state index contributed by atoms with van der Waals surface area (Å²) in [6, 6.07) is 5.43. The summed E-state index contributed by atoms with van der Waals surface area (Å²) in [5, 5.41) is 5.12. The Morgan fingerprint density at radius 2 is 1.50 bits per heavy atom. The molecule has 1 atom stereocenters. The summed E-state index contributed by atoms with van der Waals surface area (Å²) in [6.45, 7) is 3.76. The van der Waals surface area contributed by atoms with E-state index in [0.717, 1.165) is 0 Å². The van der Waals surface area contributed by atoms with Crippen LogP contribution < -0.4 is 22.1 Å². The maximum atomic E-state index is 11.7. The molecule has 0 bridgehead atoms. The number of carbonyl (C=O) groups is 2. The maximum Gasteiger partial charge on any atom is 0.316 e. The van der Waals surface area contributed by atoms with E-state index in [9.17, 15) is 9.59 Å². The van der Waals surface area contributed by atoms with Crippen LogP contribution in [0.4, 0.5) is 16.2 Å². The van der Waals surface area contributed by atoms with Crippen molar-refractivity contribution in [1.29, 1.82) is 0 Å². The fourth-order valence-electron chi connectivity index (χ4n) is 1.31. The Kier molecular flexibility index (Phi) is 4.67. The number of primary amides is 1. The lowest BCUT2D eigenvalue weighted by Gasteiger charge is -2.15. The first-order chi connectivity index (χ1) is 8.40. The van der Waals surface area contributed by atoms with Crippen LogP contribution in [0.15, 0.2) is 24.3 Å². The van der Waals surface area contributed by atoms with Crippen LogP contribution in [0, 0.1) is 5.92 Å². The van der Waals surface area contributed by atoms with Crippen LogP contribution in [0.3, 0.4) is 0 Å². The molecule has 6 nitrogen and oxygen atoms in total. The normalized spacial score (nSPS) is 12.0. The van der Waals surface area contributed by atoms with Crippen LogP contribution in [0.1, 0.15) is 13.8 Å². The number of hydrogen-bond donors (Lipinski definition) is 4. The monoisotopic (exact) mass is 250 g/mol. The lowest BCUT2D eigenvalue weighted by Crippen LogP contribution is -2.39. The van der Waals surface area contributed by atoms with Crippen LogP contribution in [-0.2, 0) is 4.79 Å². The quantitative estimate of drug-likeness (QED) is 0.642. The van der Waals surface area contributed by atoms with Gasteiger partial charge in [0.25, 0.3) is 0 Å². The minimum atomic E-state index is -0.631. The first-order valence-electron chi connectivity index (χ1n) is 5.63. The second kappa shape index (κ2) is 6.02. The molecule has 0 aliphatic carbocycles. The van der Waals surface area contributed by atoms with Gasteiger partial charge in [-0.25, -0.2) is 4.79 Å². The third-order valence-corrected chi connectivity index (χ3v) is 2.44. The highest BCUT2D eigenvalue weighted by molar-refractivity contribution is 5.95. The third-order valence-electron chi connectivity index (χ3n) is 2.44. The highest BCUT2D eigenvalue weighted by Gasteiger charge is 2.16. The second-order valence-electron chi connectivity index (χ2n) is 4.33. The van der Waals surface area contributed by atoms with E-state index in [-0.39, 0.29) is 11.8 Å². The van der Waals surface area contributed by atoms with Gasteiger partial charge in [0.2, 0.25) is 5.91 Å². The Bertz CT molecular complexity index is 428. The molecule has 98 valence electrons. The predicted octanol–water partition coefficient (Wildman–Crippen LogP) is 1.10. The summed E-state index contributed by atoms with van der Waals surface area (Å²) in [7, 11) is 0. The standard InChI is InChI=1S/C12H18N4O2/c1-7(2)10(13)11(17)15-8-3-5-9(6-4-8)16-12(14)18/h3-7,10H,13H2,1-2H3,(H,15,17)(H3,14,16,18). The number of anilines is 2. The fraction of sp³-hybridized carbons (Fsp3) is 0.333. The van der Waals surface area contributed by atoms with Gasteiger partial charge in [-0.1, -0.05) is 13.8 Å². The lowest BCUT2D eigenvalue weighted by molar-refractivity contribution is -0.118. The average Bonchev–Trinajstić information content (AvgIpc) is 2.29. The second-order valence-corrected chi connectivity index (χ2v) is 4.33. The van der Waals surface area contributed by atoms with E-state index in [1.165, 1.54) is 0 Å². The molecule has 0 saturated carbocycles. The Balaban J connectivity index is 2.63. The summed E-state index contributed by atoms with van der Waals surface area (Å²) >= 11 is 0. The molecule has 6 N–H and O–H groups in total. The molecule has 3 amide bonds. The number of nitrogens with one attached hydrogen (secondary N) is 2. The zero-order valence-electron chi connectivity index (χ0n) is 10.4. The number of amides is 3. The van der Waals surface area contributed by atoms with Crippen LogP contribution in [0.2, 0.25) is 0 Å². The van der Waals surface area contributed by atoms with E-state index < -0.39 is 12.1 Å². The van der Waals surface area contributed by atoms with Gasteiger partial charge in [-0.2, -0.15) is 0 Å². The molecule has 18 heavy (non-hydrogen) atoms. The summed E-state index contributed by atoms with van der Waals surface area (Å²) in [5.41, 5.74) is 11.9. The molecule has 0 aliphatic heterocycles. The van der Waals surface area contributed by atoms with E-state index >= 15 is 0 Å². The smallest absolute Gasteiger partial charge is 0.316 e. The molecule has 0 saturated heterocycles. The van der Waals surface area contributed by atoms with Crippen molar-refractivity contribution in [2.45, 2.75) is 19.9 Å². The van der Waals surface area contributed by atoms with Crippen LogP contribution in [0.5, 0.6) is 0 Å². The number of rotatable bonds is 4. The van der Waals surface area contributed by atoms with Gasteiger partial charge in [0.1, 0.15) is 0 Å². The van der Waals surface area contributed by atoms with Gasteiger partial charge in [-0.05, 0) is 30.2 Å². The van der Waals surface area contributed by atoms with Crippen molar-refractivity contribution in [3.8, 4) is 0 Å². The van der Waals surface area contributed by atoms with E-state index in [4.69, 9.17) is 11.5 Å². The minimum absolute atomic E-state index is 0.0702. The SMILES string of the molecule is CC(C)C(N)C(=O)Nc1ccc(NC(N)=O)cc1. The summed E-state index contributed by atoms with van der Waals surface area (Å²) in [6.07, 6.45) is 0. The Labute approximate surface area is 106 Å². The van der Waals surface area contributed by atoms with Gasteiger partial charge in [-0.3, -0.25) is 4.79 Å². The van der Waals surface area contributed by atoms with Crippen LogP contribution in [0.25, 0.3) is 0 Å². The number of hydrogen-bond acceptors (Lipinski definition) is 3. The van der Waals surface area contributed by atoms with Gasteiger partial charge < -0.3 is 22.1 Å². The van der Waals surface area contributed by atoms with Crippen LogP contribution >= 0.6 is 0 Å². The van der Waals surface area contributed by atoms with E-state index in [0.29, 0.717) is 11.4 Å². The number of nitrogens with two attached hydrogens (primary N) is 2. The van der Waals surface area contributed by atoms with Gasteiger partial charge in [0, 0.05) is 11.4 Å². The lowest BCUT2D eigenvalue weighted by atomic mass is 10.0. The van der Waals surface area contributed by atoms with Crippen molar-refractivity contribution < 1.29 is 9.59 Å². The summed E-state index contributed by atoms with van der Waals surface area (Å²) in [4.78, 5) is 22.3. The molecule has 0 radical (unpaired) electrons. The Morgan fingerprint density at radius 1 is 1.06 bits per heavy atom. The molecule has 0 fully saturated rings. The fourth-order valence-corrected chi connectivity index (χ4v) is 1.31. The largest absolute Gasteiger partial charge is 0.351 e. The van der Waals surface area contributed by atoms with Crippen molar-refractivity contribution in [3.05, 3.63) is 24.3 Å². The molecule has 1 aromatic carbocycles. The van der Waals surface area contributed by atoms with Crippen molar-refractivity contribution in [1.82, 2.24) is 0 Å². The third kappa shape index (κ3) is 4.06. The minimum Gasteiger partial charge on any atom is -0.351 e. The van der Waals surface area contributed by atoms with Crippen LogP contribution in [-0.4, -0.2) is 18.0 Å². The van der Waals surface area contributed by atoms with Gasteiger partial charge in [0.05, 0.1) is 6.04 Å². The highest BCUT2D eigenvalue weighted by atomic mass is 16.2. The Morgan fingerprint density at radius 3 is 1.89 bits per heavy atom. The molecular weight excluding hydrogens is 232 g/mol. The molecule has 6 heteroatoms. The molecular formula is C12H18N4O2. The molecule has 1 aromatic rings. The first kappa shape index (κ1) is 14.0. The maximum absolute atomic E-state index is 11.7. The van der Waals surface area contributed by atoms with Gasteiger partial charge in [-0.15, -0.1) is 0 Å². The zero-order chi connectivity index (χ0) is 13.7. The predicted molar refractivity (Wildman–Crippen MR) is 71.1 cm³/mol. The number of urea groups is 1. The van der Waals surface area contributed by atoms with Crippen molar-refractivity contribution >= 4 is 23.3 Å². The van der Waals surface area contributed by atoms with E-state index in [1.54, 1.807) is 24.3 Å². The van der Waals surface area contributed by atoms with Crippen molar-refractivity contribution in [3.63, 3.8) is 0 Å². The van der Waals surface area contributed by atoms with E-state index in [2.05, 4.69) is 10.6 Å². The van der Waals surface area contributed by atoms with E-state index in [1.807, 2.05) is 13.8 Å². The highest BCUT2D eigenvalue weighted by Crippen LogP contribution is 2.14. The molecule has 0 spiro atoms. The zero-order valence-corrected chi connectivity index (χ0v) is 10.4. The topological polar surface area (TPSA) is 110 Å². The molecule has 1 rings (SSSR count). The van der Waals surface area contributed by atoms with Crippen molar-refractivity contribution in [2.24, 2.45) is 17.4 Å². The van der Waals surface area contributed by atoms with Gasteiger partial charge in [0.15, 0.2) is 0 Å². The average molecular weight is 250 g/mol. The Hall–Kier alpha value is -2.08. The molecule has 0 aliphatic rings. The van der Waals surface area contributed by atoms with Gasteiger partial charge >= 0.3 is 6.03 Å². The number of carbonyl (C=O) groups excluding carboxylic acids is 2. The number of benzene rings is 1. The summed E-state index contributed by atoms with van der Waals surface area (Å²) in [5.74, 6) is -0.165. The summed E-state index contributed by atoms with van der Waals surface area (Å²) < 4.78 is 0.